The Bertz CT molecular complexity index is 264. The maximum absolute atomic E-state index is 3.35. The van der Waals surface area contributed by atoms with Crippen LogP contribution in [0.5, 0.6) is 0 Å². The Balaban J connectivity index is 2.64. The summed E-state index contributed by atoms with van der Waals surface area (Å²) in [5, 5.41) is 4.03. The quantitative estimate of drug-likeness (QED) is 0.798. The smallest absolute Gasteiger partial charge is 0.0215 e. The maximum Gasteiger partial charge on any atom is 0.0215 e. The van der Waals surface area contributed by atoms with E-state index in [-0.39, 0.29) is 0 Å². The summed E-state index contributed by atoms with van der Waals surface area (Å²) >= 11 is 3.35. The molecular formula is C11H14BrN. The van der Waals surface area contributed by atoms with Crippen LogP contribution in [0.2, 0.25) is 0 Å². The molecule has 0 fully saturated rings. The molecule has 0 radical (unpaired) electrons. The van der Waals surface area contributed by atoms with Crippen molar-refractivity contribution >= 4 is 22.0 Å². The van der Waals surface area contributed by atoms with Gasteiger partial charge in [-0.05, 0) is 18.2 Å². The highest BCUT2D eigenvalue weighted by Gasteiger charge is 1.89. The van der Waals surface area contributed by atoms with E-state index in [0.717, 1.165) is 11.9 Å². The highest BCUT2D eigenvalue weighted by molar-refractivity contribution is 9.09. The van der Waals surface area contributed by atoms with Crippen LogP contribution in [0, 0.1) is 0 Å². The molecule has 0 aliphatic heterocycles. The van der Waals surface area contributed by atoms with Gasteiger partial charge in [-0.15, -0.1) is 0 Å². The van der Waals surface area contributed by atoms with E-state index in [2.05, 4.69) is 57.7 Å². The summed E-state index contributed by atoms with van der Waals surface area (Å²) in [4.78, 5) is 0. The SMILES string of the molecule is CNCc1ccc(C=CCBr)cc1. The molecule has 1 aromatic carbocycles. The zero-order valence-electron chi connectivity index (χ0n) is 7.76. The predicted octanol–water partition coefficient (Wildman–Crippen LogP) is 2.81. The van der Waals surface area contributed by atoms with Crippen LogP contribution in [0.3, 0.4) is 0 Å². The molecule has 0 unspecified atom stereocenters. The van der Waals surface area contributed by atoms with Gasteiger partial charge in [0.05, 0.1) is 0 Å². The largest absolute Gasteiger partial charge is 0.316 e. The van der Waals surface area contributed by atoms with Crippen LogP contribution in [0.15, 0.2) is 30.3 Å². The third-order valence-corrected chi connectivity index (χ3v) is 2.13. The fourth-order valence-corrected chi connectivity index (χ4v) is 1.32. The fourth-order valence-electron chi connectivity index (χ4n) is 1.13. The van der Waals surface area contributed by atoms with Crippen LogP contribution in [0.25, 0.3) is 6.08 Å². The number of halogens is 1. The van der Waals surface area contributed by atoms with E-state index >= 15 is 0 Å². The van der Waals surface area contributed by atoms with E-state index in [1.807, 2.05) is 7.05 Å². The van der Waals surface area contributed by atoms with Crippen molar-refractivity contribution in [2.45, 2.75) is 6.54 Å². The minimum atomic E-state index is 0.908. The summed E-state index contributed by atoms with van der Waals surface area (Å²) in [7, 11) is 1.96. The lowest BCUT2D eigenvalue weighted by Gasteiger charge is -1.99. The van der Waals surface area contributed by atoms with Crippen LogP contribution in [0.4, 0.5) is 0 Å². The van der Waals surface area contributed by atoms with E-state index in [4.69, 9.17) is 0 Å². The number of hydrogen-bond acceptors (Lipinski definition) is 1. The Morgan fingerprint density at radius 2 is 2.00 bits per heavy atom. The molecule has 1 N–H and O–H groups in total. The molecule has 1 aromatic rings. The van der Waals surface area contributed by atoms with E-state index < -0.39 is 0 Å². The second kappa shape index (κ2) is 5.95. The number of benzene rings is 1. The van der Waals surface area contributed by atoms with Gasteiger partial charge in [0, 0.05) is 11.9 Å². The summed E-state index contributed by atoms with van der Waals surface area (Å²) in [6.07, 6.45) is 4.20. The Morgan fingerprint density at radius 1 is 1.31 bits per heavy atom. The molecule has 0 aromatic heterocycles. The van der Waals surface area contributed by atoms with Gasteiger partial charge in [0.25, 0.3) is 0 Å². The first-order valence-corrected chi connectivity index (χ1v) is 5.45. The van der Waals surface area contributed by atoms with Gasteiger partial charge in [0.1, 0.15) is 0 Å². The summed E-state index contributed by atoms with van der Waals surface area (Å²) in [6.45, 7) is 0.933. The topological polar surface area (TPSA) is 12.0 Å². The molecule has 0 amide bonds. The molecule has 0 saturated heterocycles. The lowest BCUT2D eigenvalue weighted by atomic mass is 10.1. The number of alkyl halides is 1. The van der Waals surface area contributed by atoms with Gasteiger partial charge in [-0.1, -0.05) is 52.3 Å². The van der Waals surface area contributed by atoms with E-state index in [9.17, 15) is 0 Å². The summed E-state index contributed by atoms with van der Waals surface area (Å²) in [5.41, 5.74) is 2.57. The van der Waals surface area contributed by atoms with E-state index in [1.165, 1.54) is 11.1 Å². The first-order valence-electron chi connectivity index (χ1n) is 4.33. The van der Waals surface area contributed by atoms with E-state index in [0.29, 0.717) is 0 Å². The van der Waals surface area contributed by atoms with Gasteiger partial charge in [-0.3, -0.25) is 0 Å². The normalized spacial score (nSPS) is 10.9. The van der Waals surface area contributed by atoms with Gasteiger partial charge >= 0.3 is 0 Å². The molecule has 0 saturated carbocycles. The van der Waals surface area contributed by atoms with Crippen LogP contribution in [-0.2, 0) is 6.54 Å². The molecule has 0 atom stereocenters. The molecular weight excluding hydrogens is 226 g/mol. The number of hydrogen-bond donors (Lipinski definition) is 1. The Hall–Kier alpha value is -0.600. The minimum absolute atomic E-state index is 0.908. The Labute approximate surface area is 88.0 Å². The lowest BCUT2D eigenvalue weighted by molar-refractivity contribution is 0.818. The Morgan fingerprint density at radius 3 is 2.54 bits per heavy atom. The van der Waals surface area contributed by atoms with Crippen molar-refractivity contribution in [3.63, 3.8) is 0 Å². The molecule has 1 rings (SSSR count). The Kier molecular flexibility index (Phi) is 4.79. The lowest BCUT2D eigenvalue weighted by Crippen LogP contribution is -2.04. The molecule has 1 nitrogen and oxygen atoms in total. The van der Waals surface area contributed by atoms with Gasteiger partial charge in [-0.2, -0.15) is 0 Å². The average molecular weight is 240 g/mol. The molecule has 0 heterocycles. The molecule has 70 valence electrons. The second-order valence-electron chi connectivity index (χ2n) is 2.83. The molecule has 0 aliphatic rings. The number of rotatable bonds is 4. The van der Waals surface area contributed by atoms with Crippen molar-refractivity contribution in [2.75, 3.05) is 12.4 Å². The summed E-state index contributed by atoms with van der Waals surface area (Å²) in [6, 6.07) is 8.55. The van der Waals surface area contributed by atoms with Gasteiger partial charge in [0.15, 0.2) is 0 Å². The van der Waals surface area contributed by atoms with Gasteiger partial charge in [0.2, 0.25) is 0 Å². The fraction of sp³-hybridized carbons (Fsp3) is 0.273. The molecule has 0 aliphatic carbocycles. The van der Waals surface area contributed by atoms with Crippen molar-refractivity contribution in [1.29, 1.82) is 0 Å². The predicted molar refractivity (Wildman–Crippen MR) is 62.0 cm³/mol. The van der Waals surface area contributed by atoms with Crippen LogP contribution < -0.4 is 5.32 Å². The zero-order chi connectivity index (χ0) is 9.52. The van der Waals surface area contributed by atoms with Gasteiger partial charge < -0.3 is 5.32 Å². The molecule has 0 bridgehead atoms. The summed E-state index contributed by atoms with van der Waals surface area (Å²) < 4.78 is 0. The second-order valence-corrected chi connectivity index (χ2v) is 3.48. The standard InChI is InChI=1S/C11H14BrN/c1-13-9-11-6-4-10(5-7-11)3-2-8-12/h2-7,13H,8-9H2,1H3. The number of allylic oxidation sites excluding steroid dienone is 1. The van der Waals surface area contributed by atoms with E-state index in [1.54, 1.807) is 0 Å². The average Bonchev–Trinajstić information content (AvgIpc) is 2.17. The van der Waals surface area contributed by atoms with Crippen LogP contribution in [0.1, 0.15) is 11.1 Å². The third-order valence-electron chi connectivity index (χ3n) is 1.76. The maximum atomic E-state index is 3.35. The van der Waals surface area contributed by atoms with Crippen LogP contribution in [-0.4, -0.2) is 12.4 Å². The van der Waals surface area contributed by atoms with Crippen molar-refractivity contribution in [1.82, 2.24) is 5.32 Å². The third kappa shape index (κ3) is 3.75. The van der Waals surface area contributed by atoms with Crippen molar-refractivity contribution in [3.8, 4) is 0 Å². The van der Waals surface area contributed by atoms with Crippen molar-refractivity contribution < 1.29 is 0 Å². The monoisotopic (exact) mass is 239 g/mol. The van der Waals surface area contributed by atoms with Crippen molar-refractivity contribution in [2.24, 2.45) is 0 Å². The molecule has 0 spiro atoms. The van der Waals surface area contributed by atoms with Gasteiger partial charge in [-0.25, -0.2) is 0 Å². The molecule has 13 heavy (non-hydrogen) atoms. The number of nitrogens with one attached hydrogen (secondary N) is 1. The first kappa shape index (κ1) is 10.5. The molecule has 2 heteroatoms. The van der Waals surface area contributed by atoms with Crippen molar-refractivity contribution in [3.05, 3.63) is 41.5 Å². The minimum Gasteiger partial charge on any atom is -0.316 e. The first-order chi connectivity index (χ1) is 6.36. The van der Waals surface area contributed by atoms with Crippen LogP contribution >= 0.6 is 15.9 Å². The zero-order valence-corrected chi connectivity index (χ0v) is 9.34. The summed E-state index contributed by atoms with van der Waals surface area (Å²) in [5.74, 6) is 0. The highest BCUT2D eigenvalue weighted by atomic mass is 79.9. The highest BCUT2D eigenvalue weighted by Crippen LogP contribution is 2.06.